The molecular formula is C13H15BrFN3O2. The van der Waals surface area contributed by atoms with E-state index < -0.39 is 17.8 Å². The van der Waals surface area contributed by atoms with E-state index in [1.54, 1.807) is 6.07 Å². The molecule has 1 saturated heterocycles. The highest BCUT2D eigenvalue weighted by atomic mass is 79.9. The van der Waals surface area contributed by atoms with Crippen molar-refractivity contribution in [2.75, 3.05) is 6.54 Å². The van der Waals surface area contributed by atoms with Gasteiger partial charge in [0, 0.05) is 11.0 Å². The van der Waals surface area contributed by atoms with E-state index >= 15 is 0 Å². The first kappa shape index (κ1) is 14.8. The third-order valence-corrected chi connectivity index (χ3v) is 4.06. The van der Waals surface area contributed by atoms with Crippen molar-refractivity contribution in [3.63, 3.8) is 0 Å². The Bertz CT molecular complexity index is 530. The quantitative estimate of drug-likeness (QED) is 0.374. The van der Waals surface area contributed by atoms with E-state index in [0.717, 1.165) is 12.8 Å². The van der Waals surface area contributed by atoms with Crippen LogP contribution >= 0.6 is 15.9 Å². The molecule has 0 aromatic heterocycles. The number of rotatable bonds is 2. The molecule has 0 spiro atoms. The number of amidine groups is 1. The van der Waals surface area contributed by atoms with Gasteiger partial charge in [-0.3, -0.25) is 4.79 Å². The van der Waals surface area contributed by atoms with Crippen LogP contribution in [0.15, 0.2) is 27.8 Å². The molecule has 2 rings (SSSR count). The molecule has 1 heterocycles. The molecule has 1 aromatic rings. The fraction of sp³-hybridized carbons (Fsp3) is 0.385. The van der Waals surface area contributed by atoms with Crippen molar-refractivity contribution < 1.29 is 14.4 Å². The molecule has 1 fully saturated rings. The number of nitrogens with two attached hydrogens (primary N) is 1. The number of hydrogen-bond donors (Lipinski definition) is 2. The van der Waals surface area contributed by atoms with Crippen LogP contribution in [0.25, 0.3) is 0 Å². The lowest BCUT2D eigenvalue weighted by atomic mass is 10.00. The molecule has 1 aliphatic rings. The highest BCUT2D eigenvalue weighted by Crippen LogP contribution is 2.25. The highest BCUT2D eigenvalue weighted by molar-refractivity contribution is 9.10. The van der Waals surface area contributed by atoms with Crippen LogP contribution in [-0.2, 0) is 0 Å². The molecule has 0 saturated carbocycles. The summed E-state index contributed by atoms with van der Waals surface area (Å²) in [5.41, 5.74) is 5.61. The maximum atomic E-state index is 13.9. The number of piperidine rings is 1. The lowest BCUT2D eigenvalue weighted by Crippen LogP contribution is -2.50. The van der Waals surface area contributed by atoms with Gasteiger partial charge in [0.2, 0.25) is 0 Å². The minimum Gasteiger partial charge on any atom is -0.409 e. The zero-order valence-electron chi connectivity index (χ0n) is 10.7. The molecule has 1 amide bonds. The average Bonchev–Trinajstić information content (AvgIpc) is 2.46. The van der Waals surface area contributed by atoms with Crippen LogP contribution in [0.5, 0.6) is 0 Å². The number of nitrogens with zero attached hydrogens (tertiary/aromatic N) is 2. The summed E-state index contributed by atoms with van der Waals surface area (Å²) in [6.07, 6.45) is 2.30. The van der Waals surface area contributed by atoms with Crippen LogP contribution in [0.4, 0.5) is 4.39 Å². The largest absolute Gasteiger partial charge is 0.409 e. The van der Waals surface area contributed by atoms with E-state index in [0.29, 0.717) is 17.4 Å². The fourth-order valence-electron chi connectivity index (χ4n) is 2.39. The Labute approximate surface area is 124 Å². The first-order chi connectivity index (χ1) is 9.56. The Balaban J connectivity index is 2.35. The van der Waals surface area contributed by atoms with Gasteiger partial charge in [0.15, 0.2) is 5.84 Å². The summed E-state index contributed by atoms with van der Waals surface area (Å²) in [5, 5.41) is 11.8. The fourth-order valence-corrected chi connectivity index (χ4v) is 2.91. The molecule has 1 aliphatic heterocycles. The smallest absolute Gasteiger partial charge is 0.258 e. The number of likely N-dealkylation sites (tertiary alicyclic amines) is 1. The number of benzene rings is 1. The number of carbonyl (C=O) groups excluding carboxylic acids is 1. The van der Waals surface area contributed by atoms with Crippen molar-refractivity contribution in [3.05, 3.63) is 34.1 Å². The summed E-state index contributed by atoms with van der Waals surface area (Å²) in [7, 11) is 0. The normalized spacial score (nSPS) is 20.0. The summed E-state index contributed by atoms with van der Waals surface area (Å²) < 4.78 is 14.3. The van der Waals surface area contributed by atoms with Gasteiger partial charge in [0.1, 0.15) is 5.82 Å². The molecule has 0 bridgehead atoms. The third-order valence-electron chi connectivity index (χ3n) is 3.40. The van der Waals surface area contributed by atoms with E-state index in [-0.39, 0.29) is 11.4 Å². The Hall–Kier alpha value is -1.63. The second kappa shape index (κ2) is 6.21. The number of carbonyl (C=O) groups is 1. The Morgan fingerprint density at radius 3 is 2.90 bits per heavy atom. The summed E-state index contributed by atoms with van der Waals surface area (Å²) in [4.78, 5) is 14.0. The molecule has 5 nitrogen and oxygen atoms in total. The van der Waals surface area contributed by atoms with E-state index in [2.05, 4.69) is 21.1 Å². The van der Waals surface area contributed by atoms with E-state index in [9.17, 15) is 9.18 Å². The molecule has 0 aliphatic carbocycles. The van der Waals surface area contributed by atoms with Gasteiger partial charge in [0.25, 0.3) is 5.91 Å². The zero-order chi connectivity index (χ0) is 14.7. The summed E-state index contributed by atoms with van der Waals surface area (Å²) in [5.74, 6) is -1.06. The van der Waals surface area contributed by atoms with Crippen molar-refractivity contribution >= 4 is 27.7 Å². The van der Waals surface area contributed by atoms with Gasteiger partial charge in [-0.05, 0) is 47.3 Å². The topological polar surface area (TPSA) is 78.9 Å². The lowest BCUT2D eigenvalue weighted by Gasteiger charge is -2.35. The van der Waals surface area contributed by atoms with Crippen LogP contribution in [0.2, 0.25) is 0 Å². The first-order valence-corrected chi connectivity index (χ1v) is 7.08. The number of amides is 1. The Morgan fingerprint density at radius 2 is 2.25 bits per heavy atom. The van der Waals surface area contributed by atoms with Crippen LogP contribution in [0, 0.1) is 5.82 Å². The van der Waals surface area contributed by atoms with Crippen LogP contribution in [0.1, 0.15) is 29.6 Å². The molecule has 20 heavy (non-hydrogen) atoms. The van der Waals surface area contributed by atoms with Gasteiger partial charge in [0.05, 0.1) is 11.6 Å². The van der Waals surface area contributed by atoms with Crippen LogP contribution in [-0.4, -0.2) is 34.4 Å². The van der Waals surface area contributed by atoms with Crippen LogP contribution < -0.4 is 5.73 Å². The molecule has 3 N–H and O–H groups in total. The van der Waals surface area contributed by atoms with E-state index in [1.807, 2.05) is 0 Å². The highest BCUT2D eigenvalue weighted by Gasteiger charge is 2.32. The number of halogens is 2. The lowest BCUT2D eigenvalue weighted by molar-refractivity contribution is 0.0671. The van der Waals surface area contributed by atoms with Gasteiger partial charge < -0.3 is 15.8 Å². The Morgan fingerprint density at radius 1 is 1.50 bits per heavy atom. The summed E-state index contributed by atoms with van der Waals surface area (Å²) in [6, 6.07) is 3.87. The number of hydrogen-bond acceptors (Lipinski definition) is 3. The summed E-state index contributed by atoms with van der Waals surface area (Å²) in [6.45, 7) is 0.459. The minimum atomic E-state index is -0.590. The first-order valence-electron chi connectivity index (χ1n) is 6.28. The third kappa shape index (κ3) is 2.77. The van der Waals surface area contributed by atoms with Gasteiger partial charge in [-0.25, -0.2) is 4.39 Å². The van der Waals surface area contributed by atoms with Crippen molar-refractivity contribution in [1.29, 1.82) is 0 Å². The standard InChI is InChI=1S/C13H15BrFN3O2/c14-8-4-3-5-9(15)11(8)13(19)18-7-2-1-6-10(18)12(16)17-20/h3-5,10,20H,1-2,6-7H2,(H2,16,17). The molecule has 7 heteroatoms. The monoisotopic (exact) mass is 343 g/mol. The van der Waals surface area contributed by atoms with Gasteiger partial charge in [-0.15, -0.1) is 0 Å². The van der Waals surface area contributed by atoms with E-state index in [1.165, 1.54) is 17.0 Å². The Kier molecular flexibility index (Phi) is 4.59. The maximum absolute atomic E-state index is 13.9. The average molecular weight is 344 g/mol. The molecular weight excluding hydrogens is 329 g/mol. The van der Waals surface area contributed by atoms with Crippen LogP contribution in [0.3, 0.4) is 0 Å². The van der Waals surface area contributed by atoms with Crippen molar-refractivity contribution in [3.8, 4) is 0 Å². The predicted octanol–water partition coefficient (Wildman–Crippen LogP) is 2.33. The van der Waals surface area contributed by atoms with Crippen molar-refractivity contribution in [2.45, 2.75) is 25.3 Å². The molecule has 0 radical (unpaired) electrons. The second-order valence-electron chi connectivity index (χ2n) is 4.63. The van der Waals surface area contributed by atoms with Gasteiger partial charge in [-0.2, -0.15) is 0 Å². The second-order valence-corrected chi connectivity index (χ2v) is 5.49. The summed E-state index contributed by atoms with van der Waals surface area (Å²) >= 11 is 3.19. The number of oxime groups is 1. The molecule has 1 atom stereocenters. The minimum absolute atomic E-state index is 0.0227. The molecule has 108 valence electrons. The van der Waals surface area contributed by atoms with Crippen molar-refractivity contribution in [2.24, 2.45) is 10.9 Å². The molecule has 1 aromatic carbocycles. The zero-order valence-corrected chi connectivity index (χ0v) is 12.3. The van der Waals surface area contributed by atoms with Crippen molar-refractivity contribution in [1.82, 2.24) is 4.90 Å². The van der Waals surface area contributed by atoms with E-state index in [4.69, 9.17) is 10.9 Å². The van der Waals surface area contributed by atoms with Gasteiger partial charge in [-0.1, -0.05) is 11.2 Å². The molecule has 1 unspecified atom stereocenters. The van der Waals surface area contributed by atoms with Gasteiger partial charge >= 0.3 is 0 Å². The maximum Gasteiger partial charge on any atom is 0.258 e. The predicted molar refractivity (Wildman–Crippen MR) is 76.2 cm³/mol. The SMILES string of the molecule is N/C(=N/O)C1CCCCN1C(=O)c1c(F)cccc1Br.